The average Bonchev–Trinajstić information content (AvgIpc) is 2.30. The summed E-state index contributed by atoms with van der Waals surface area (Å²) in [7, 11) is 0. The van der Waals surface area contributed by atoms with Crippen molar-refractivity contribution in [3.8, 4) is 5.75 Å². The lowest BCUT2D eigenvalue weighted by Crippen LogP contribution is -2.16. The van der Waals surface area contributed by atoms with Crippen molar-refractivity contribution >= 4 is 22.6 Å². The predicted octanol–water partition coefficient (Wildman–Crippen LogP) is 1.77. The first kappa shape index (κ1) is 8.31. The van der Waals surface area contributed by atoms with Gasteiger partial charge in [0.2, 0.25) is 0 Å². The van der Waals surface area contributed by atoms with E-state index in [0.29, 0.717) is 0 Å². The van der Waals surface area contributed by atoms with Gasteiger partial charge >= 0.3 is 0 Å². The van der Waals surface area contributed by atoms with Crippen molar-refractivity contribution in [2.45, 2.75) is 6.54 Å². The fourth-order valence-electron chi connectivity index (χ4n) is 1.29. The fourth-order valence-corrected chi connectivity index (χ4v) is 1.96. The monoisotopic (exact) mass is 275 g/mol. The van der Waals surface area contributed by atoms with Gasteiger partial charge in [-0.1, -0.05) is 6.07 Å². The SMILES string of the molecule is Ic1cccc2c1CNCCO2. The molecule has 1 aliphatic heterocycles. The Bertz CT molecular complexity index is 288. The van der Waals surface area contributed by atoms with Crippen LogP contribution < -0.4 is 10.1 Å². The summed E-state index contributed by atoms with van der Waals surface area (Å²) in [5, 5.41) is 3.31. The summed E-state index contributed by atoms with van der Waals surface area (Å²) in [6.45, 7) is 2.63. The highest BCUT2D eigenvalue weighted by molar-refractivity contribution is 14.1. The van der Waals surface area contributed by atoms with E-state index >= 15 is 0 Å². The zero-order chi connectivity index (χ0) is 8.39. The Balaban J connectivity index is 2.42. The zero-order valence-electron chi connectivity index (χ0n) is 6.64. The van der Waals surface area contributed by atoms with Crippen LogP contribution in [0.3, 0.4) is 0 Å². The molecule has 0 unspecified atom stereocenters. The van der Waals surface area contributed by atoms with Crippen molar-refractivity contribution in [3.05, 3.63) is 27.3 Å². The quantitative estimate of drug-likeness (QED) is 0.729. The Hall–Kier alpha value is -0.290. The molecule has 0 atom stereocenters. The molecule has 0 fully saturated rings. The van der Waals surface area contributed by atoms with Crippen molar-refractivity contribution in [1.82, 2.24) is 5.32 Å². The number of benzene rings is 1. The number of ether oxygens (including phenoxy) is 1. The Morgan fingerprint density at radius 3 is 3.25 bits per heavy atom. The minimum absolute atomic E-state index is 0.771. The zero-order valence-corrected chi connectivity index (χ0v) is 8.80. The van der Waals surface area contributed by atoms with Gasteiger partial charge in [0, 0.05) is 22.2 Å². The third-order valence-corrected chi connectivity index (χ3v) is 2.92. The molecule has 12 heavy (non-hydrogen) atoms. The number of fused-ring (bicyclic) bond motifs is 1. The first-order valence-electron chi connectivity index (χ1n) is 3.99. The Morgan fingerprint density at radius 2 is 2.33 bits per heavy atom. The second-order valence-corrected chi connectivity index (χ2v) is 3.90. The molecule has 2 rings (SSSR count). The summed E-state index contributed by atoms with van der Waals surface area (Å²) in [5.41, 5.74) is 1.29. The van der Waals surface area contributed by atoms with Crippen LogP contribution in [0.2, 0.25) is 0 Å². The molecule has 0 spiro atoms. The summed E-state index contributed by atoms with van der Waals surface area (Å²) < 4.78 is 6.84. The second-order valence-electron chi connectivity index (χ2n) is 2.74. The summed E-state index contributed by atoms with van der Waals surface area (Å²) in [6, 6.07) is 6.17. The van der Waals surface area contributed by atoms with Gasteiger partial charge in [0.1, 0.15) is 12.4 Å². The lowest BCUT2D eigenvalue weighted by atomic mass is 10.2. The molecule has 1 N–H and O–H groups in total. The molecule has 64 valence electrons. The predicted molar refractivity (Wildman–Crippen MR) is 56.4 cm³/mol. The van der Waals surface area contributed by atoms with Crippen molar-refractivity contribution in [3.63, 3.8) is 0 Å². The van der Waals surface area contributed by atoms with E-state index in [2.05, 4.69) is 34.0 Å². The van der Waals surface area contributed by atoms with E-state index in [1.807, 2.05) is 12.1 Å². The van der Waals surface area contributed by atoms with E-state index in [1.165, 1.54) is 9.13 Å². The van der Waals surface area contributed by atoms with Crippen molar-refractivity contribution < 1.29 is 4.74 Å². The number of hydrogen-bond acceptors (Lipinski definition) is 2. The van der Waals surface area contributed by atoms with Gasteiger partial charge < -0.3 is 10.1 Å². The first-order chi connectivity index (χ1) is 5.88. The summed E-state index contributed by atoms with van der Waals surface area (Å²) >= 11 is 2.34. The third kappa shape index (κ3) is 1.56. The molecule has 0 bridgehead atoms. The molecule has 0 aliphatic carbocycles. The lowest BCUT2D eigenvalue weighted by molar-refractivity contribution is 0.325. The number of rotatable bonds is 0. The fraction of sp³-hybridized carbons (Fsp3) is 0.333. The molecule has 0 saturated heterocycles. The van der Waals surface area contributed by atoms with Gasteiger partial charge in [-0.25, -0.2) is 0 Å². The molecule has 0 radical (unpaired) electrons. The standard InChI is InChI=1S/C9H10INO/c10-8-2-1-3-9-7(8)6-11-4-5-12-9/h1-3,11H,4-6H2. The molecule has 1 heterocycles. The highest BCUT2D eigenvalue weighted by Gasteiger charge is 2.09. The molecular formula is C9H10INO. The normalized spacial score (nSPS) is 16.1. The lowest BCUT2D eigenvalue weighted by Gasteiger charge is -2.06. The van der Waals surface area contributed by atoms with Crippen LogP contribution in [0.5, 0.6) is 5.75 Å². The second kappa shape index (κ2) is 3.62. The smallest absolute Gasteiger partial charge is 0.124 e. The van der Waals surface area contributed by atoms with Gasteiger partial charge in [-0.15, -0.1) is 0 Å². The van der Waals surface area contributed by atoms with Crippen LogP contribution in [-0.2, 0) is 6.54 Å². The Kier molecular flexibility index (Phi) is 2.51. The molecule has 3 heteroatoms. The van der Waals surface area contributed by atoms with Gasteiger partial charge in [-0.2, -0.15) is 0 Å². The van der Waals surface area contributed by atoms with E-state index in [0.717, 1.165) is 25.4 Å². The van der Waals surface area contributed by atoms with Crippen LogP contribution in [0.25, 0.3) is 0 Å². The molecule has 1 aromatic rings. The van der Waals surface area contributed by atoms with Crippen LogP contribution in [0.15, 0.2) is 18.2 Å². The van der Waals surface area contributed by atoms with E-state index in [4.69, 9.17) is 4.74 Å². The molecule has 0 saturated carbocycles. The number of nitrogens with one attached hydrogen (secondary N) is 1. The largest absolute Gasteiger partial charge is 0.492 e. The topological polar surface area (TPSA) is 21.3 Å². The van der Waals surface area contributed by atoms with Gasteiger partial charge in [-0.05, 0) is 34.7 Å². The maximum atomic E-state index is 5.56. The summed E-state index contributed by atoms with van der Waals surface area (Å²) in [6.07, 6.45) is 0. The summed E-state index contributed by atoms with van der Waals surface area (Å²) in [5.74, 6) is 1.03. The van der Waals surface area contributed by atoms with Gasteiger partial charge in [-0.3, -0.25) is 0 Å². The number of halogens is 1. The van der Waals surface area contributed by atoms with Crippen molar-refractivity contribution in [1.29, 1.82) is 0 Å². The Labute approximate surface area is 85.4 Å². The molecular weight excluding hydrogens is 265 g/mol. The first-order valence-corrected chi connectivity index (χ1v) is 5.07. The van der Waals surface area contributed by atoms with Crippen LogP contribution in [0.1, 0.15) is 5.56 Å². The highest BCUT2D eigenvalue weighted by atomic mass is 127. The third-order valence-electron chi connectivity index (χ3n) is 1.91. The summed E-state index contributed by atoms with van der Waals surface area (Å²) in [4.78, 5) is 0. The number of hydrogen-bond donors (Lipinski definition) is 1. The van der Waals surface area contributed by atoms with E-state index < -0.39 is 0 Å². The molecule has 0 amide bonds. The van der Waals surface area contributed by atoms with Crippen LogP contribution in [-0.4, -0.2) is 13.2 Å². The van der Waals surface area contributed by atoms with Gasteiger partial charge in [0.15, 0.2) is 0 Å². The van der Waals surface area contributed by atoms with Crippen LogP contribution in [0, 0.1) is 3.57 Å². The molecule has 0 aromatic heterocycles. The maximum Gasteiger partial charge on any atom is 0.124 e. The molecule has 1 aromatic carbocycles. The average molecular weight is 275 g/mol. The minimum atomic E-state index is 0.771. The molecule has 1 aliphatic rings. The van der Waals surface area contributed by atoms with Crippen LogP contribution >= 0.6 is 22.6 Å². The van der Waals surface area contributed by atoms with Crippen LogP contribution in [0.4, 0.5) is 0 Å². The van der Waals surface area contributed by atoms with Gasteiger partial charge in [0.25, 0.3) is 0 Å². The van der Waals surface area contributed by atoms with E-state index in [9.17, 15) is 0 Å². The Morgan fingerprint density at radius 1 is 1.42 bits per heavy atom. The molecule has 2 nitrogen and oxygen atoms in total. The maximum absolute atomic E-state index is 5.56. The highest BCUT2D eigenvalue weighted by Crippen LogP contribution is 2.24. The van der Waals surface area contributed by atoms with Gasteiger partial charge in [0.05, 0.1) is 0 Å². The minimum Gasteiger partial charge on any atom is -0.492 e. The van der Waals surface area contributed by atoms with E-state index in [1.54, 1.807) is 0 Å². The van der Waals surface area contributed by atoms with Crippen molar-refractivity contribution in [2.75, 3.05) is 13.2 Å². The van der Waals surface area contributed by atoms with Crippen molar-refractivity contribution in [2.24, 2.45) is 0 Å². The van der Waals surface area contributed by atoms with E-state index in [-0.39, 0.29) is 0 Å².